The second kappa shape index (κ2) is 5.95. The Balaban J connectivity index is 2.04. The van der Waals surface area contributed by atoms with Crippen LogP contribution in [0.15, 0.2) is 12.2 Å². The van der Waals surface area contributed by atoms with Crippen LogP contribution in [0.4, 0.5) is 4.79 Å². The van der Waals surface area contributed by atoms with Crippen molar-refractivity contribution >= 4 is 6.09 Å². The first-order valence-corrected chi connectivity index (χ1v) is 8.28. The van der Waals surface area contributed by atoms with Gasteiger partial charge in [0.1, 0.15) is 11.6 Å². The molecule has 1 N–H and O–H groups in total. The summed E-state index contributed by atoms with van der Waals surface area (Å²) in [5, 5.41) is 12.1. The van der Waals surface area contributed by atoms with Gasteiger partial charge in [0.15, 0.2) is 0 Å². The molecule has 2 aliphatic carbocycles. The normalized spacial score (nSPS) is 32.0. The summed E-state index contributed by atoms with van der Waals surface area (Å²) in [4.78, 5) is 11.9. The Morgan fingerprint density at radius 1 is 1.45 bits per heavy atom. The van der Waals surface area contributed by atoms with Crippen molar-refractivity contribution in [2.45, 2.75) is 71.4 Å². The monoisotopic (exact) mass is 304 g/mol. The predicted molar refractivity (Wildman–Crippen MR) is 86.1 cm³/mol. The number of carbonyl (C=O) groups is 1. The van der Waals surface area contributed by atoms with Gasteiger partial charge in [0.05, 0.1) is 6.07 Å². The molecule has 122 valence electrons. The summed E-state index contributed by atoms with van der Waals surface area (Å²) < 4.78 is 5.26. The molecule has 0 aliphatic heterocycles. The zero-order valence-corrected chi connectivity index (χ0v) is 14.2. The summed E-state index contributed by atoms with van der Waals surface area (Å²) in [6.07, 6.45) is 5.36. The summed E-state index contributed by atoms with van der Waals surface area (Å²) in [5.41, 5.74) is 0.369. The van der Waals surface area contributed by atoms with Crippen molar-refractivity contribution in [2.24, 2.45) is 17.3 Å². The van der Waals surface area contributed by atoms with Gasteiger partial charge in [-0.25, -0.2) is 4.79 Å². The fourth-order valence-electron chi connectivity index (χ4n) is 3.91. The third kappa shape index (κ3) is 3.45. The fraction of sp³-hybridized carbons (Fsp3) is 0.778. The van der Waals surface area contributed by atoms with E-state index in [2.05, 4.69) is 24.9 Å². The minimum absolute atomic E-state index is 0.0608. The van der Waals surface area contributed by atoms with Crippen molar-refractivity contribution in [3.8, 4) is 6.07 Å². The summed E-state index contributed by atoms with van der Waals surface area (Å²) in [5.74, 6) is 1.30. The molecular formula is C18H28N2O2. The lowest BCUT2D eigenvalue weighted by Gasteiger charge is -2.26. The summed E-state index contributed by atoms with van der Waals surface area (Å²) in [6.45, 7) is 11.9. The standard InChI is InChI=1S/C18H28N2O2/c1-12-8-6-7-9-18(10-14(12)18)13(2)15(11-19)20-16(21)22-17(3,4)5/h12,14-15H,2,6-10H2,1,3-5H3,(H,20,21)/t12?,14?,15-,18?/m1/s1. The third-order valence-electron chi connectivity index (χ3n) is 5.13. The molecule has 0 saturated heterocycles. The molecule has 4 heteroatoms. The molecule has 2 saturated carbocycles. The van der Waals surface area contributed by atoms with E-state index < -0.39 is 17.7 Å². The quantitative estimate of drug-likeness (QED) is 0.796. The van der Waals surface area contributed by atoms with Gasteiger partial charge in [0, 0.05) is 0 Å². The molecule has 2 fully saturated rings. The molecule has 4 nitrogen and oxygen atoms in total. The zero-order chi connectivity index (χ0) is 16.5. The van der Waals surface area contributed by atoms with Gasteiger partial charge < -0.3 is 10.1 Å². The largest absolute Gasteiger partial charge is 0.444 e. The smallest absolute Gasteiger partial charge is 0.408 e. The van der Waals surface area contributed by atoms with E-state index in [4.69, 9.17) is 4.74 Å². The lowest BCUT2D eigenvalue weighted by molar-refractivity contribution is 0.0519. The van der Waals surface area contributed by atoms with Gasteiger partial charge in [0.25, 0.3) is 0 Å². The highest BCUT2D eigenvalue weighted by Gasteiger charge is 2.59. The van der Waals surface area contributed by atoms with E-state index >= 15 is 0 Å². The molecule has 0 radical (unpaired) electrons. The number of nitrogens with zero attached hydrogens (tertiary/aromatic N) is 1. The summed E-state index contributed by atoms with van der Waals surface area (Å²) in [6, 6.07) is 1.53. The molecule has 22 heavy (non-hydrogen) atoms. The molecule has 2 rings (SSSR count). The number of amides is 1. The van der Waals surface area contributed by atoms with Crippen LogP contribution in [0.2, 0.25) is 0 Å². The molecule has 4 atom stereocenters. The first-order valence-electron chi connectivity index (χ1n) is 8.28. The van der Waals surface area contributed by atoms with Crippen LogP contribution in [0.25, 0.3) is 0 Å². The van der Waals surface area contributed by atoms with E-state index in [1.165, 1.54) is 19.3 Å². The lowest BCUT2D eigenvalue weighted by Crippen LogP contribution is -2.41. The van der Waals surface area contributed by atoms with Crippen molar-refractivity contribution in [3.63, 3.8) is 0 Å². The number of alkyl carbamates (subject to hydrolysis) is 1. The molecule has 0 aromatic heterocycles. The predicted octanol–water partition coefficient (Wildman–Crippen LogP) is 4.18. The second-order valence-corrected chi connectivity index (χ2v) is 7.92. The lowest BCUT2D eigenvalue weighted by atomic mass is 9.84. The van der Waals surface area contributed by atoms with Gasteiger partial charge in [-0.05, 0) is 56.4 Å². The summed E-state index contributed by atoms with van der Waals surface area (Å²) >= 11 is 0. The van der Waals surface area contributed by atoms with Gasteiger partial charge in [-0.3, -0.25) is 0 Å². The van der Waals surface area contributed by atoms with E-state index in [1.54, 1.807) is 0 Å². The van der Waals surface area contributed by atoms with Gasteiger partial charge in [-0.15, -0.1) is 0 Å². The Bertz CT molecular complexity index is 500. The zero-order valence-electron chi connectivity index (χ0n) is 14.2. The first-order chi connectivity index (χ1) is 10.2. The number of carbonyl (C=O) groups excluding carboxylic acids is 1. The van der Waals surface area contributed by atoms with E-state index in [0.29, 0.717) is 11.8 Å². The molecule has 2 aliphatic rings. The van der Waals surface area contributed by atoms with Gasteiger partial charge in [-0.2, -0.15) is 5.26 Å². The Kier molecular flexibility index (Phi) is 4.56. The third-order valence-corrected chi connectivity index (χ3v) is 5.13. The Labute approximate surface area is 133 Å². The molecule has 0 aromatic rings. The van der Waals surface area contributed by atoms with Crippen LogP contribution in [0.3, 0.4) is 0 Å². The van der Waals surface area contributed by atoms with Crippen molar-refractivity contribution in [2.75, 3.05) is 0 Å². The first kappa shape index (κ1) is 16.9. The molecule has 1 amide bonds. The Morgan fingerprint density at radius 2 is 2.14 bits per heavy atom. The second-order valence-electron chi connectivity index (χ2n) is 7.92. The minimum Gasteiger partial charge on any atom is -0.444 e. The average molecular weight is 304 g/mol. The molecule has 3 unspecified atom stereocenters. The number of hydrogen-bond acceptors (Lipinski definition) is 3. The van der Waals surface area contributed by atoms with Crippen molar-refractivity contribution in [3.05, 3.63) is 12.2 Å². The molecule has 0 bridgehead atoms. The van der Waals surface area contributed by atoms with Gasteiger partial charge in [-0.1, -0.05) is 32.8 Å². The number of nitrogens with one attached hydrogen (secondary N) is 1. The average Bonchev–Trinajstić information content (AvgIpc) is 3.14. The van der Waals surface area contributed by atoms with Crippen LogP contribution in [0.5, 0.6) is 0 Å². The molecule has 0 heterocycles. The van der Waals surface area contributed by atoms with Crippen LogP contribution >= 0.6 is 0 Å². The SMILES string of the molecule is C=C([C@@H](C#N)NC(=O)OC(C)(C)C)C12CCCCC(C)C1C2. The van der Waals surface area contributed by atoms with E-state index in [0.717, 1.165) is 18.4 Å². The maximum atomic E-state index is 11.9. The molecule has 0 spiro atoms. The van der Waals surface area contributed by atoms with Crippen LogP contribution in [-0.2, 0) is 4.74 Å². The number of nitriles is 1. The number of fused-ring (bicyclic) bond motifs is 1. The maximum Gasteiger partial charge on any atom is 0.408 e. The van der Waals surface area contributed by atoms with E-state index in [-0.39, 0.29) is 5.41 Å². The number of rotatable bonds is 3. The van der Waals surface area contributed by atoms with Crippen LogP contribution in [-0.4, -0.2) is 17.7 Å². The fourth-order valence-corrected chi connectivity index (χ4v) is 3.91. The molecular weight excluding hydrogens is 276 g/mol. The van der Waals surface area contributed by atoms with Crippen LogP contribution in [0.1, 0.15) is 59.8 Å². The Morgan fingerprint density at radius 3 is 2.73 bits per heavy atom. The number of hydrogen-bond donors (Lipinski definition) is 1. The highest BCUT2D eigenvalue weighted by atomic mass is 16.6. The van der Waals surface area contributed by atoms with Crippen molar-refractivity contribution in [1.82, 2.24) is 5.32 Å². The van der Waals surface area contributed by atoms with Crippen LogP contribution in [0, 0.1) is 28.6 Å². The highest BCUT2D eigenvalue weighted by molar-refractivity contribution is 5.69. The van der Waals surface area contributed by atoms with Crippen LogP contribution < -0.4 is 5.32 Å². The van der Waals surface area contributed by atoms with Crippen molar-refractivity contribution < 1.29 is 9.53 Å². The summed E-state index contributed by atoms with van der Waals surface area (Å²) in [7, 11) is 0. The van der Waals surface area contributed by atoms with Gasteiger partial charge in [0.2, 0.25) is 0 Å². The van der Waals surface area contributed by atoms with E-state index in [9.17, 15) is 10.1 Å². The number of ether oxygens (including phenoxy) is 1. The topological polar surface area (TPSA) is 62.1 Å². The van der Waals surface area contributed by atoms with Gasteiger partial charge >= 0.3 is 6.09 Å². The Hall–Kier alpha value is -1.50. The van der Waals surface area contributed by atoms with Crippen molar-refractivity contribution in [1.29, 1.82) is 5.26 Å². The minimum atomic E-state index is -0.662. The molecule has 0 aromatic carbocycles. The maximum absolute atomic E-state index is 11.9. The van der Waals surface area contributed by atoms with E-state index in [1.807, 2.05) is 20.8 Å². The highest BCUT2D eigenvalue weighted by Crippen LogP contribution is 2.66.